The number of hydrogen-bond acceptors (Lipinski definition) is 7. The number of anilines is 1. The molecular formula is C22H21FN6O2. The Labute approximate surface area is 178 Å². The zero-order chi connectivity index (χ0) is 21.2. The molecule has 0 saturated carbocycles. The summed E-state index contributed by atoms with van der Waals surface area (Å²) in [5.74, 6) is 0.476. The molecule has 4 heterocycles. The molecule has 0 aliphatic carbocycles. The monoisotopic (exact) mass is 420 g/mol. The van der Waals surface area contributed by atoms with Crippen LogP contribution in [0, 0.1) is 5.82 Å². The maximum absolute atomic E-state index is 13.4. The number of nitrogens with zero attached hydrogens (tertiary/aromatic N) is 5. The SMILES string of the molecule is O=C(N[C@H]1CCN(c2ncc3c(n2)CCOC3)C1)c1cnc(-c2cccc(F)c2)nc1. The number of nitrogens with one attached hydrogen (secondary N) is 1. The minimum atomic E-state index is -0.357. The first kappa shape index (κ1) is 19.5. The third-order valence-corrected chi connectivity index (χ3v) is 5.49. The van der Waals surface area contributed by atoms with Crippen molar-refractivity contribution in [3.05, 3.63) is 65.5 Å². The predicted molar refractivity (Wildman–Crippen MR) is 111 cm³/mol. The highest BCUT2D eigenvalue weighted by Gasteiger charge is 2.27. The smallest absolute Gasteiger partial charge is 0.254 e. The van der Waals surface area contributed by atoms with E-state index >= 15 is 0 Å². The molecule has 5 rings (SSSR count). The largest absolute Gasteiger partial charge is 0.376 e. The van der Waals surface area contributed by atoms with Crippen LogP contribution in [0.15, 0.2) is 42.9 Å². The summed E-state index contributed by atoms with van der Waals surface area (Å²) >= 11 is 0. The Balaban J connectivity index is 1.21. The third-order valence-electron chi connectivity index (χ3n) is 5.49. The number of aromatic nitrogens is 4. The molecule has 2 aromatic heterocycles. The van der Waals surface area contributed by atoms with Crippen LogP contribution in [0.5, 0.6) is 0 Å². The zero-order valence-electron chi connectivity index (χ0n) is 16.8. The first-order chi connectivity index (χ1) is 15.2. The lowest BCUT2D eigenvalue weighted by atomic mass is 10.1. The van der Waals surface area contributed by atoms with Gasteiger partial charge in [-0.1, -0.05) is 12.1 Å². The van der Waals surface area contributed by atoms with Gasteiger partial charge in [0.05, 0.1) is 24.5 Å². The number of halogens is 1. The molecule has 31 heavy (non-hydrogen) atoms. The maximum atomic E-state index is 13.4. The Morgan fingerprint density at radius 3 is 2.90 bits per heavy atom. The third kappa shape index (κ3) is 4.22. The number of hydrogen-bond donors (Lipinski definition) is 1. The minimum Gasteiger partial charge on any atom is -0.376 e. The normalized spacial score (nSPS) is 18.0. The van der Waals surface area contributed by atoms with Gasteiger partial charge < -0.3 is 15.0 Å². The van der Waals surface area contributed by atoms with Crippen molar-refractivity contribution in [3.8, 4) is 11.4 Å². The molecule has 9 heteroatoms. The summed E-state index contributed by atoms with van der Waals surface area (Å²) in [6, 6.07) is 6.03. The van der Waals surface area contributed by atoms with E-state index in [0.717, 1.165) is 30.6 Å². The lowest BCUT2D eigenvalue weighted by Crippen LogP contribution is -2.37. The van der Waals surface area contributed by atoms with E-state index < -0.39 is 0 Å². The van der Waals surface area contributed by atoms with Crippen molar-refractivity contribution in [1.82, 2.24) is 25.3 Å². The molecule has 1 fully saturated rings. The molecule has 1 saturated heterocycles. The zero-order valence-corrected chi connectivity index (χ0v) is 16.8. The minimum absolute atomic E-state index is 0.0154. The highest BCUT2D eigenvalue weighted by Crippen LogP contribution is 2.21. The van der Waals surface area contributed by atoms with Gasteiger partial charge in [0.1, 0.15) is 5.82 Å². The Morgan fingerprint density at radius 2 is 2.06 bits per heavy atom. The Hall–Kier alpha value is -3.46. The summed E-state index contributed by atoms with van der Waals surface area (Å²) in [6.07, 6.45) is 6.36. The van der Waals surface area contributed by atoms with Gasteiger partial charge in [0.25, 0.3) is 5.91 Å². The Morgan fingerprint density at radius 1 is 1.19 bits per heavy atom. The molecule has 1 N–H and O–H groups in total. The molecule has 1 aromatic carbocycles. The Bertz CT molecular complexity index is 1110. The summed E-state index contributed by atoms with van der Waals surface area (Å²) in [4.78, 5) is 32.3. The van der Waals surface area contributed by atoms with Crippen LogP contribution in [-0.2, 0) is 17.8 Å². The van der Waals surface area contributed by atoms with E-state index in [-0.39, 0.29) is 17.8 Å². The number of carbonyl (C=O) groups is 1. The molecule has 1 atom stereocenters. The average molecular weight is 420 g/mol. The van der Waals surface area contributed by atoms with Gasteiger partial charge in [0.2, 0.25) is 5.95 Å². The van der Waals surface area contributed by atoms with Crippen LogP contribution in [0.1, 0.15) is 28.0 Å². The molecule has 0 unspecified atom stereocenters. The molecule has 3 aromatic rings. The van der Waals surface area contributed by atoms with Crippen LogP contribution in [0.25, 0.3) is 11.4 Å². The van der Waals surface area contributed by atoms with Crippen molar-refractivity contribution >= 4 is 11.9 Å². The van der Waals surface area contributed by atoms with Crippen molar-refractivity contribution < 1.29 is 13.9 Å². The lowest BCUT2D eigenvalue weighted by Gasteiger charge is -2.20. The van der Waals surface area contributed by atoms with Gasteiger partial charge in [-0.05, 0) is 18.6 Å². The van der Waals surface area contributed by atoms with E-state index in [4.69, 9.17) is 4.74 Å². The summed E-state index contributed by atoms with van der Waals surface area (Å²) < 4.78 is 18.8. The molecule has 158 valence electrons. The summed E-state index contributed by atoms with van der Waals surface area (Å²) in [5.41, 5.74) is 3.01. The second kappa shape index (κ2) is 8.35. The van der Waals surface area contributed by atoms with E-state index in [1.807, 2.05) is 6.20 Å². The maximum Gasteiger partial charge on any atom is 0.254 e. The topological polar surface area (TPSA) is 93.1 Å². The van der Waals surface area contributed by atoms with Gasteiger partial charge >= 0.3 is 0 Å². The molecule has 1 amide bonds. The van der Waals surface area contributed by atoms with E-state index in [9.17, 15) is 9.18 Å². The molecular weight excluding hydrogens is 399 g/mol. The van der Waals surface area contributed by atoms with Crippen LogP contribution in [0.4, 0.5) is 10.3 Å². The molecule has 0 radical (unpaired) electrons. The van der Waals surface area contributed by atoms with Crippen LogP contribution in [-0.4, -0.2) is 51.6 Å². The predicted octanol–water partition coefficient (Wildman–Crippen LogP) is 2.15. The van der Waals surface area contributed by atoms with Gasteiger partial charge in [-0.25, -0.2) is 24.3 Å². The molecule has 2 aliphatic heterocycles. The molecule has 0 bridgehead atoms. The van der Waals surface area contributed by atoms with E-state index in [1.54, 1.807) is 12.1 Å². The van der Waals surface area contributed by atoms with E-state index in [2.05, 4.69) is 30.2 Å². The average Bonchev–Trinajstić information content (AvgIpc) is 3.27. The van der Waals surface area contributed by atoms with Crippen LogP contribution < -0.4 is 10.2 Å². The molecule has 8 nitrogen and oxygen atoms in total. The van der Waals surface area contributed by atoms with Gasteiger partial charge in [0, 0.05) is 55.3 Å². The first-order valence-electron chi connectivity index (χ1n) is 10.2. The quantitative estimate of drug-likeness (QED) is 0.691. The van der Waals surface area contributed by atoms with Crippen molar-refractivity contribution in [1.29, 1.82) is 0 Å². The summed E-state index contributed by atoms with van der Waals surface area (Å²) in [7, 11) is 0. The van der Waals surface area contributed by atoms with Crippen LogP contribution in [0.3, 0.4) is 0 Å². The fourth-order valence-electron chi connectivity index (χ4n) is 3.82. The van der Waals surface area contributed by atoms with Gasteiger partial charge in [-0.2, -0.15) is 0 Å². The second-order valence-electron chi connectivity index (χ2n) is 7.66. The fourth-order valence-corrected chi connectivity index (χ4v) is 3.82. The number of fused-ring (bicyclic) bond motifs is 1. The standard InChI is InChI=1S/C22H21FN6O2/c23-17-3-1-2-14(8-17)20-24-9-15(10-25-20)21(30)27-18-4-6-29(12-18)22-26-11-16-13-31-7-5-19(16)28-22/h1-3,8-11,18H,4-7,12-13H2,(H,27,30)/t18-/m0/s1. The number of ether oxygens (including phenoxy) is 1. The van der Waals surface area contributed by atoms with Gasteiger partial charge in [-0.3, -0.25) is 4.79 Å². The van der Waals surface area contributed by atoms with Crippen molar-refractivity contribution in [2.45, 2.75) is 25.5 Å². The van der Waals surface area contributed by atoms with Crippen LogP contribution in [0.2, 0.25) is 0 Å². The highest BCUT2D eigenvalue weighted by atomic mass is 19.1. The van der Waals surface area contributed by atoms with Crippen molar-refractivity contribution in [2.24, 2.45) is 0 Å². The Kier molecular flexibility index (Phi) is 5.25. The molecule has 0 spiro atoms. The summed E-state index contributed by atoms with van der Waals surface area (Å²) in [6.45, 7) is 2.66. The second-order valence-corrected chi connectivity index (χ2v) is 7.66. The van der Waals surface area contributed by atoms with E-state index in [1.165, 1.54) is 24.5 Å². The number of carbonyl (C=O) groups excluding carboxylic acids is 1. The summed E-state index contributed by atoms with van der Waals surface area (Å²) in [5, 5.41) is 3.03. The van der Waals surface area contributed by atoms with Crippen molar-refractivity contribution in [3.63, 3.8) is 0 Å². The first-order valence-corrected chi connectivity index (χ1v) is 10.2. The van der Waals surface area contributed by atoms with Crippen molar-refractivity contribution in [2.75, 3.05) is 24.6 Å². The number of amides is 1. The fraction of sp³-hybridized carbons (Fsp3) is 0.318. The van der Waals surface area contributed by atoms with E-state index in [0.29, 0.717) is 42.7 Å². The lowest BCUT2D eigenvalue weighted by molar-refractivity contribution is 0.0939. The van der Waals surface area contributed by atoms with Crippen LogP contribution >= 0.6 is 0 Å². The van der Waals surface area contributed by atoms with Gasteiger partial charge in [0.15, 0.2) is 5.82 Å². The molecule has 2 aliphatic rings. The number of rotatable bonds is 4. The highest BCUT2D eigenvalue weighted by molar-refractivity contribution is 5.94. The number of benzene rings is 1. The van der Waals surface area contributed by atoms with Gasteiger partial charge in [-0.15, -0.1) is 0 Å².